The Morgan fingerprint density at radius 2 is 1.68 bits per heavy atom. The third-order valence-electron chi connectivity index (χ3n) is 5.02. The first kappa shape index (κ1) is 12.1. The quantitative estimate of drug-likeness (QED) is 0.656. The molecule has 0 amide bonds. The van der Waals surface area contributed by atoms with Crippen LogP contribution in [0.3, 0.4) is 0 Å². The first-order valence-corrected chi connectivity index (χ1v) is 7.54. The van der Waals surface area contributed by atoms with Crippen LogP contribution in [-0.2, 0) is 9.53 Å². The molecular formula is C13H22N4O2. The van der Waals surface area contributed by atoms with Crippen molar-refractivity contribution in [1.29, 1.82) is 0 Å². The second-order valence-corrected chi connectivity index (χ2v) is 6.12. The second-order valence-electron chi connectivity index (χ2n) is 6.12. The van der Waals surface area contributed by atoms with Crippen molar-refractivity contribution < 1.29 is 9.53 Å². The Kier molecular flexibility index (Phi) is 2.99. The maximum atomic E-state index is 12.2. The number of hydrazine groups is 2. The molecule has 0 aromatic rings. The van der Waals surface area contributed by atoms with Gasteiger partial charge in [0.1, 0.15) is 6.10 Å². The van der Waals surface area contributed by atoms with Gasteiger partial charge in [0.15, 0.2) is 0 Å². The van der Waals surface area contributed by atoms with Crippen LogP contribution in [0.4, 0.5) is 0 Å². The molecule has 4 saturated heterocycles. The normalized spacial score (nSPS) is 42.5. The molecule has 6 nitrogen and oxygen atoms in total. The van der Waals surface area contributed by atoms with E-state index in [2.05, 4.69) is 20.9 Å². The van der Waals surface area contributed by atoms with Crippen molar-refractivity contribution in [3.63, 3.8) is 0 Å². The minimum Gasteiger partial charge on any atom is -0.459 e. The van der Waals surface area contributed by atoms with E-state index in [1.807, 2.05) is 0 Å². The Labute approximate surface area is 113 Å². The van der Waals surface area contributed by atoms with E-state index < -0.39 is 0 Å². The monoisotopic (exact) mass is 266 g/mol. The van der Waals surface area contributed by atoms with Gasteiger partial charge in [0.2, 0.25) is 0 Å². The van der Waals surface area contributed by atoms with E-state index in [-0.39, 0.29) is 18.0 Å². The number of carbonyl (C=O) groups excluding carboxylic acids is 1. The van der Waals surface area contributed by atoms with Gasteiger partial charge in [0.25, 0.3) is 0 Å². The molecule has 2 N–H and O–H groups in total. The molecule has 6 heteroatoms. The minimum absolute atomic E-state index is 0.0279. The summed E-state index contributed by atoms with van der Waals surface area (Å²) in [6.45, 7) is 3.78. The predicted octanol–water partition coefficient (Wildman–Crippen LogP) is -0.520. The Balaban J connectivity index is 1.30. The Hall–Kier alpha value is -0.690. The molecule has 4 fully saturated rings. The van der Waals surface area contributed by atoms with E-state index >= 15 is 0 Å². The van der Waals surface area contributed by atoms with Crippen LogP contribution < -0.4 is 10.9 Å². The van der Waals surface area contributed by atoms with Gasteiger partial charge in [0, 0.05) is 25.7 Å². The zero-order chi connectivity index (χ0) is 12.8. The molecule has 106 valence electrons. The third-order valence-corrected chi connectivity index (χ3v) is 5.02. The van der Waals surface area contributed by atoms with E-state index in [1.54, 1.807) is 0 Å². The van der Waals surface area contributed by atoms with Crippen molar-refractivity contribution in [2.24, 2.45) is 5.92 Å². The highest BCUT2D eigenvalue weighted by Gasteiger charge is 2.49. The molecule has 0 spiro atoms. The Bertz CT molecular complexity index is 378. The lowest BCUT2D eigenvalue weighted by atomic mass is 9.85. The fourth-order valence-corrected chi connectivity index (χ4v) is 3.78. The van der Waals surface area contributed by atoms with E-state index in [0.717, 1.165) is 45.4 Å². The summed E-state index contributed by atoms with van der Waals surface area (Å²) in [6, 6.07) is 0.792. The van der Waals surface area contributed by atoms with Gasteiger partial charge in [-0.05, 0) is 25.7 Å². The molecule has 0 bridgehead atoms. The zero-order valence-electron chi connectivity index (χ0n) is 11.2. The molecule has 0 aliphatic carbocycles. The number of hydrogen-bond donors (Lipinski definition) is 2. The lowest BCUT2D eigenvalue weighted by Gasteiger charge is -2.52. The van der Waals surface area contributed by atoms with E-state index in [0.29, 0.717) is 12.1 Å². The van der Waals surface area contributed by atoms with Crippen LogP contribution in [0.2, 0.25) is 0 Å². The van der Waals surface area contributed by atoms with Crippen LogP contribution in [0.1, 0.15) is 25.7 Å². The van der Waals surface area contributed by atoms with E-state index in [4.69, 9.17) is 4.74 Å². The summed E-state index contributed by atoms with van der Waals surface area (Å²) < 4.78 is 5.73. The highest BCUT2D eigenvalue weighted by atomic mass is 16.6. The third kappa shape index (κ3) is 1.98. The van der Waals surface area contributed by atoms with Crippen molar-refractivity contribution in [2.75, 3.05) is 26.2 Å². The van der Waals surface area contributed by atoms with Crippen LogP contribution in [0, 0.1) is 5.92 Å². The van der Waals surface area contributed by atoms with Crippen molar-refractivity contribution >= 4 is 5.97 Å². The number of nitrogens with zero attached hydrogens (tertiary/aromatic N) is 2. The summed E-state index contributed by atoms with van der Waals surface area (Å²) >= 11 is 0. The molecule has 0 aromatic heterocycles. The summed E-state index contributed by atoms with van der Waals surface area (Å²) in [5, 5.41) is 4.42. The molecule has 0 aromatic carbocycles. The van der Waals surface area contributed by atoms with Gasteiger partial charge in [-0.3, -0.25) is 15.6 Å². The zero-order valence-corrected chi connectivity index (χ0v) is 11.2. The fraction of sp³-hybridized carbons (Fsp3) is 0.923. The van der Waals surface area contributed by atoms with Gasteiger partial charge >= 0.3 is 5.97 Å². The molecule has 4 heterocycles. The van der Waals surface area contributed by atoms with Crippen LogP contribution in [0.25, 0.3) is 0 Å². The number of hydrogen-bond acceptors (Lipinski definition) is 6. The van der Waals surface area contributed by atoms with Crippen LogP contribution >= 0.6 is 0 Å². The summed E-state index contributed by atoms with van der Waals surface area (Å²) in [7, 11) is 0. The molecule has 4 atom stereocenters. The first-order chi connectivity index (χ1) is 9.33. The molecule has 4 rings (SSSR count). The average molecular weight is 266 g/mol. The van der Waals surface area contributed by atoms with E-state index in [9.17, 15) is 4.79 Å². The van der Waals surface area contributed by atoms with Gasteiger partial charge in [-0.15, -0.1) is 0 Å². The van der Waals surface area contributed by atoms with Gasteiger partial charge in [-0.1, -0.05) is 0 Å². The molecule has 4 aliphatic heterocycles. The predicted molar refractivity (Wildman–Crippen MR) is 68.8 cm³/mol. The Morgan fingerprint density at radius 3 is 2.37 bits per heavy atom. The van der Waals surface area contributed by atoms with Crippen molar-refractivity contribution in [2.45, 2.75) is 43.9 Å². The molecule has 4 aliphatic rings. The number of nitrogens with one attached hydrogen (secondary N) is 2. The number of carbonyl (C=O) groups is 1. The van der Waals surface area contributed by atoms with Crippen molar-refractivity contribution in [3.05, 3.63) is 0 Å². The molecule has 19 heavy (non-hydrogen) atoms. The molecule has 0 radical (unpaired) electrons. The topological polar surface area (TPSA) is 56.8 Å². The number of rotatable bonds is 2. The highest BCUT2D eigenvalue weighted by Crippen LogP contribution is 2.32. The van der Waals surface area contributed by atoms with Gasteiger partial charge in [-0.2, -0.15) is 0 Å². The summed E-state index contributed by atoms with van der Waals surface area (Å²) in [4.78, 5) is 12.2. The lowest BCUT2D eigenvalue weighted by molar-refractivity contribution is -0.192. The second kappa shape index (κ2) is 4.70. The highest BCUT2D eigenvalue weighted by molar-refractivity contribution is 5.75. The summed E-state index contributed by atoms with van der Waals surface area (Å²) in [5.74, 6) is 0.124. The van der Waals surface area contributed by atoms with Crippen LogP contribution in [0.15, 0.2) is 0 Å². The maximum Gasteiger partial charge on any atom is 0.312 e. The van der Waals surface area contributed by atoms with Gasteiger partial charge < -0.3 is 4.74 Å². The number of ether oxygens (including phenoxy) is 1. The fourth-order valence-electron chi connectivity index (χ4n) is 3.78. The molecule has 4 unspecified atom stereocenters. The minimum atomic E-state index is 0.0279. The standard InChI is InChI=1S/C13H22N4O2/c18-13(9-7-16-10(9)3-1-5-14-16)19-12-8-17-11(12)4-2-6-15-17/h9-12,14-15H,1-8H2. The Morgan fingerprint density at radius 1 is 1.00 bits per heavy atom. The lowest BCUT2D eigenvalue weighted by Crippen LogP contribution is -2.70. The maximum absolute atomic E-state index is 12.2. The number of esters is 1. The molecule has 0 saturated carbocycles. The summed E-state index contributed by atoms with van der Waals surface area (Å²) in [5.41, 5.74) is 6.69. The van der Waals surface area contributed by atoms with Crippen molar-refractivity contribution in [1.82, 2.24) is 20.9 Å². The first-order valence-electron chi connectivity index (χ1n) is 7.54. The smallest absolute Gasteiger partial charge is 0.312 e. The molecular weight excluding hydrogens is 244 g/mol. The van der Waals surface area contributed by atoms with Gasteiger partial charge in [0.05, 0.1) is 18.5 Å². The SMILES string of the molecule is O=C(OC1CN2NCCCC12)C1CN2NCCCC12. The average Bonchev–Trinajstić information content (AvgIpc) is 2.37. The largest absolute Gasteiger partial charge is 0.459 e. The van der Waals surface area contributed by atoms with E-state index in [1.165, 1.54) is 6.42 Å². The summed E-state index contributed by atoms with van der Waals surface area (Å²) in [6.07, 6.45) is 4.72. The van der Waals surface area contributed by atoms with Crippen LogP contribution in [-0.4, -0.2) is 60.4 Å². The van der Waals surface area contributed by atoms with Crippen molar-refractivity contribution in [3.8, 4) is 0 Å². The van der Waals surface area contributed by atoms with Gasteiger partial charge in [-0.25, -0.2) is 10.0 Å². The van der Waals surface area contributed by atoms with Crippen LogP contribution in [0.5, 0.6) is 0 Å². The number of fused-ring (bicyclic) bond motifs is 2.